The average Bonchev–Trinajstić information content (AvgIpc) is 2.95. The smallest absolute Gasteiger partial charge is 0.390 e. The maximum Gasteiger partial charge on any atom is 0.390 e. The van der Waals surface area contributed by atoms with Gasteiger partial charge in [-0.2, -0.15) is 13.2 Å². The second-order valence-corrected chi connectivity index (χ2v) is 8.47. The van der Waals surface area contributed by atoms with E-state index in [9.17, 15) is 23.1 Å². The molecule has 0 spiro atoms. The van der Waals surface area contributed by atoms with E-state index in [1.165, 1.54) is 24.3 Å². The topological polar surface area (TPSA) is 127 Å². The van der Waals surface area contributed by atoms with Gasteiger partial charge in [-0.05, 0) is 67.1 Å². The Kier molecular flexibility index (Phi) is 14.8. The Labute approximate surface area is 238 Å². The minimum atomic E-state index is -4.52. The monoisotopic (exact) mass is 582 g/mol. The molecule has 2 amide bonds. The zero-order chi connectivity index (χ0) is 30.3. The number of piperidine rings is 1. The summed E-state index contributed by atoms with van der Waals surface area (Å²) < 4.78 is 38.7. The molecule has 1 fully saturated rings. The number of phenols is 1. The molecule has 0 saturated carbocycles. The van der Waals surface area contributed by atoms with E-state index in [2.05, 4.69) is 15.6 Å². The number of nitrogens with two attached hydrogens (primary N) is 1. The minimum Gasteiger partial charge on any atom is -0.508 e. The van der Waals surface area contributed by atoms with Gasteiger partial charge in [-0.1, -0.05) is 39.3 Å². The normalized spacial score (nSPS) is 15.2. The number of carbonyl (C=O) groups is 1. The lowest BCUT2D eigenvalue weighted by molar-refractivity contribution is -0.135. The molecule has 1 aliphatic rings. The number of halogens is 4. The number of hydrogen-bond donors (Lipinski definition) is 5. The first-order chi connectivity index (χ1) is 19.0. The number of aliphatic imine (C=N–C) groups is 1. The first-order valence-corrected chi connectivity index (χ1v) is 13.4. The highest BCUT2D eigenvalue weighted by atomic mass is 35.5. The summed E-state index contributed by atoms with van der Waals surface area (Å²) in [6.07, 6.45) is -5.26. The van der Waals surface area contributed by atoms with E-state index in [4.69, 9.17) is 22.7 Å². The molecule has 0 radical (unpaired) electrons. The van der Waals surface area contributed by atoms with Crippen LogP contribution in [0.1, 0.15) is 46.1 Å². The maximum atomic E-state index is 12.9. The highest BCUT2D eigenvalue weighted by Crippen LogP contribution is 2.22. The Morgan fingerprint density at radius 2 is 1.73 bits per heavy atom. The van der Waals surface area contributed by atoms with Crippen LogP contribution >= 0.6 is 11.6 Å². The SMILES string of the molecule is CC.CC.N=C(c1ccc(O)cc1)N(CCC(F)(F)F)C(=O)NC/C(N)=C1\CCNCC1=Nc1ccc(Cl)cc1. The van der Waals surface area contributed by atoms with Gasteiger partial charge in [0.25, 0.3) is 0 Å². The summed E-state index contributed by atoms with van der Waals surface area (Å²) in [7, 11) is 0. The molecule has 220 valence electrons. The van der Waals surface area contributed by atoms with E-state index < -0.39 is 31.0 Å². The van der Waals surface area contributed by atoms with E-state index in [-0.39, 0.29) is 17.9 Å². The van der Waals surface area contributed by atoms with Crippen molar-refractivity contribution in [2.75, 3.05) is 26.2 Å². The standard InChI is InChI=1S/C24H26ClF3N6O2.2C2H6/c25-16-3-5-17(6-4-16)33-21-14-31-11-9-19(21)20(29)13-32-23(36)34(12-10-24(26,27)28)22(30)15-1-7-18(35)8-2-15;2*1-2/h1-8,30-31,35H,9-14,29H2,(H,32,36);2*1-2H3/b20-19-,30-22?,33-21?;;. The summed E-state index contributed by atoms with van der Waals surface area (Å²) in [5.41, 5.74) is 8.86. The van der Waals surface area contributed by atoms with Gasteiger partial charge in [0, 0.05) is 29.4 Å². The van der Waals surface area contributed by atoms with Crippen LogP contribution in [-0.4, -0.2) is 59.9 Å². The Morgan fingerprint density at radius 1 is 1.12 bits per heavy atom. The summed E-state index contributed by atoms with van der Waals surface area (Å²) in [5, 5.41) is 24.0. The lowest BCUT2D eigenvalue weighted by Gasteiger charge is -2.25. The maximum absolute atomic E-state index is 12.9. The van der Waals surface area contributed by atoms with Crippen molar-refractivity contribution >= 4 is 34.9 Å². The number of rotatable bonds is 6. The number of alkyl halides is 3. The summed E-state index contributed by atoms with van der Waals surface area (Å²) in [5.74, 6) is -0.509. The summed E-state index contributed by atoms with van der Waals surface area (Å²) in [6, 6.07) is 11.3. The summed E-state index contributed by atoms with van der Waals surface area (Å²) in [4.78, 5) is 18.2. The van der Waals surface area contributed by atoms with Crippen LogP contribution in [0.25, 0.3) is 0 Å². The number of phenolic OH excluding ortho intramolecular Hbond substituents is 1. The fraction of sp³-hybridized carbons (Fsp3) is 0.393. The molecule has 6 N–H and O–H groups in total. The molecule has 3 rings (SSSR count). The van der Waals surface area contributed by atoms with Crippen LogP contribution in [0.4, 0.5) is 23.7 Å². The Bertz CT molecular complexity index is 1150. The molecular formula is C28H38ClF3N6O2. The molecule has 1 saturated heterocycles. The highest BCUT2D eigenvalue weighted by molar-refractivity contribution is 6.30. The number of amidine groups is 1. The van der Waals surface area contributed by atoms with Crippen LogP contribution in [0.15, 0.2) is 64.8 Å². The van der Waals surface area contributed by atoms with Crippen molar-refractivity contribution in [3.05, 3.63) is 70.4 Å². The zero-order valence-corrected chi connectivity index (χ0v) is 24.0. The number of aromatic hydroxyl groups is 1. The van der Waals surface area contributed by atoms with Gasteiger partial charge in [0.1, 0.15) is 11.6 Å². The molecule has 1 aliphatic heterocycles. The number of amides is 2. The zero-order valence-electron chi connectivity index (χ0n) is 23.2. The van der Waals surface area contributed by atoms with E-state index in [1.54, 1.807) is 24.3 Å². The largest absolute Gasteiger partial charge is 0.508 e. The van der Waals surface area contributed by atoms with Gasteiger partial charge >= 0.3 is 12.2 Å². The predicted molar refractivity (Wildman–Crippen MR) is 156 cm³/mol. The molecule has 0 atom stereocenters. The van der Waals surface area contributed by atoms with Crippen molar-refractivity contribution in [2.45, 2.75) is 46.7 Å². The number of benzene rings is 2. The number of carbonyl (C=O) groups excluding carboxylic acids is 1. The van der Waals surface area contributed by atoms with Crippen molar-refractivity contribution in [3.63, 3.8) is 0 Å². The van der Waals surface area contributed by atoms with E-state index in [0.29, 0.717) is 46.5 Å². The molecule has 1 heterocycles. The molecule has 0 aliphatic carbocycles. The van der Waals surface area contributed by atoms with Crippen LogP contribution in [-0.2, 0) is 0 Å². The Balaban J connectivity index is 0.00000191. The summed E-state index contributed by atoms with van der Waals surface area (Å²) >= 11 is 5.92. The van der Waals surface area contributed by atoms with Gasteiger partial charge < -0.3 is 21.5 Å². The molecule has 40 heavy (non-hydrogen) atoms. The Morgan fingerprint density at radius 3 is 2.30 bits per heavy atom. The second kappa shape index (κ2) is 17.2. The Hall–Kier alpha value is -3.57. The molecular weight excluding hydrogens is 545 g/mol. The van der Waals surface area contributed by atoms with Crippen LogP contribution in [0.3, 0.4) is 0 Å². The number of urea groups is 1. The van der Waals surface area contributed by atoms with Crippen molar-refractivity contribution in [1.29, 1.82) is 5.41 Å². The molecule has 0 aromatic heterocycles. The molecule has 2 aromatic carbocycles. The van der Waals surface area contributed by atoms with E-state index >= 15 is 0 Å². The molecule has 12 heteroatoms. The molecule has 0 unspecified atom stereocenters. The van der Waals surface area contributed by atoms with Gasteiger partial charge in [-0.15, -0.1) is 0 Å². The van der Waals surface area contributed by atoms with Crippen LogP contribution in [0.2, 0.25) is 5.02 Å². The van der Waals surface area contributed by atoms with E-state index in [1.807, 2.05) is 27.7 Å². The first kappa shape index (κ1) is 34.5. The fourth-order valence-electron chi connectivity index (χ4n) is 3.50. The van der Waals surface area contributed by atoms with Crippen molar-refractivity contribution < 1.29 is 23.1 Å². The van der Waals surface area contributed by atoms with Crippen molar-refractivity contribution in [1.82, 2.24) is 15.5 Å². The van der Waals surface area contributed by atoms with Crippen LogP contribution < -0.4 is 16.4 Å². The predicted octanol–water partition coefficient (Wildman–Crippen LogP) is 6.37. The van der Waals surface area contributed by atoms with Crippen molar-refractivity contribution in [3.8, 4) is 5.75 Å². The van der Waals surface area contributed by atoms with Crippen LogP contribution in [0.5, 0.6) is 5.75 Å². The van der Waals surface area contributed by atoms with Gasteiger partial charge in [-0.3, -0.25) is 15.3 Å². The third-order valence-electron chi connectivity index (χ3n) is 5.38. The fourth-order valence-corrected chi connectivity index (χ4v) is 3.62. The third-order valence-corrected chi connectivity index (χ3v) is 5.63. The third kappa shape index (κ3) is 11.3. The van der Waals surface area contributed by atoms with Crippen molar-refractivity contribution in [2.24, 2.45) is 10.7 Å². The number of nitrogens with zero attached hydrogens (tertiary/aromatic N) is 2. The van der Waals surface area contributed by atoms with E-state index in [0.717, 1.165) is 5.57 Å². The number of nitrogens with one attached hydrogen (secondary N) is 3. The lowest BCUT2D eigenvalue weighted by atomic mass is 10.0. The van der Waals surface area contributed by atoms with Gasteiger partial charge in [0.2, 0.25) is 0 Å². The van der Waals surface area contributed by atoms with Crippen LogP contribution in [0, 0.1) is 5.41 Å². The van der Waals surface area contributed by atoms with Gasteiger partial charge in [-0.25, -0.2) is 4.79 Å². The summed E-state index contributed by atoms with van der Waals surface area (Å²) in [6.45, 7) is 8.21. The number of hydrogen-bond acceptors (Lipinski definition) is 6. The average molecular weight is 583 g/mol. The quantitative estimate of drug-likeness (QED) is 0.200. The molecule has 2 aromatic rings. The first-order valence-electron chi connectivity index (χ1n) is 13.1. The lowest BCUT2D eigenvalue weighted by Crippen LogP contribution is -2.46. The van der Waals surface area contributed by atoms with Gasteiger partial charge in [0.05, 0.1) is 24.4 Å². The molecule has 0 bridgehead atoms. The second-order valence-electron chi connectivity index (χ2n) is 8.04. The highest BCUT2D eigenvalue weighted by Gasteiger charge is 2.31. The minimum absolute atomic E-state index is 0.0738. The molecule has 8 nitrogen and oxygen atoms in total. The van der Waals surface area contributed by atoms with Gasteiger partial charge in [0.15, 0.2) is 0 Å².